The Balaban J connectivity index is 2.13. The summed E-state index contributed by atoms with van der Waals surface area (Å²) in [5.74, 6) is 0.658. The Bertz CT molecular complexity index is 610. The third kappa shape index (κ3) is 4.10. The fourth-order valence-electron chi connectivity index (χ4n) is 1.86. The molecule has 0 unspecified atom stereocenters. The van der Waals surface area contributed by atoms with Crippen molar-refractivity contribution < 1.29 is 13.2 Å². The Morgan fingerprint density at radius 3 is 2.71 bits per heavy atom. The van der Waals surface area contributed by atoms with Gasteiger partial charge in [-0.1, -0.05) is 18.5 Å². The lowest BCUT2D eigenvalue weighted by atomic mass is 10.2. The molecule has 0 aliphatic heterocycles. The smallest absolute Gasteiger partial charge is 0.378 e. The number of halogens is 4. The number of aryl methyl sites for hydroxylation is 1. The van der Waals surface area contributed by atoms with Gasteiger partial charge in [0, 0.05) is 17.3 Å². The summed E-state index contributed by atoms with van der Waals surface area (Å²) in [4.78, 5) is 4.08. The van der Waals surface area contributed by atoms with E-state index in [-0.39, 0.29) is 11.6 Å². The van der Waals surface area contributed by atoms with E-state index in [1.165, 1.54) is 12.4 Å². The third-order valence-electron chi connectivity index (χ3n) is 2.81. The molecule has 0 saturated heterocycles. The number of alkyl halides is 3. The molecular formula is C13H14ClF3N4. The predicted octanol–water partition coefficient (Wildman–Crippen LogP) is 3.97. The van der Waals surface area contributed by atoms with Crippen LogP contribution in [0.4, 0.5) is 18.9 Å². The lowest BCUT2D eigenvalue weighted by molar-refractivity contribution is -0.137. The van der Waals surface area contributed by atoms with Gasteiger partial charge in [0.2, 0.25) is 0 Å². The molecule has 0 aliphatic rings. The molecule has 1 aromatic heterocycles. The van der Waals surface area contributed by atoms with Crippen LogP contribution in [0.25, 0.3) is 0 Å². The Hall–Kier alpha value is -1.76. The van der Waals surface area contributed by atoms with Gasteiger partial charge in [-0.3, -0.25) is 0 Å². The Morgan fingerprint density at radius 2 is 2.05 bits per heavy atom. The minimum atomic E-state index is -4.43. The van der Waals surface area contributed by atoms with Gasteiger partial charge >= 0.3 is 6.18 Å². The van der Waals surface area contributed by atoms with Gasteiger partial charge in [0.1, 0.15) is 12.2 Å². The predicted molar refractivity (Wildman–Crippen MR) is 74.1 cm³/mol. The SMILES string of the molecule is CCCn1ncnc1CNc1cc(Cl)cc(C(F)(F)F)c1. The topological polar surface area (TPSA) is 42.7 Å². The van der Waals surface area contributed by atoms with E-state index in [1.54, 1.807) is 4.68 Å². The van der Waals surface area contributed by atoms with Crippen LogP contribution >= 0.6 is 11.6 Å². The second-order valence-corrected chi connectivity index (χ2v) is 4.92. The summed E-state index contributed by atoms with van der Waals surface area (Å²) in [7, 11) is 0. The van der Waals surface area contributed by atoms with Gasteiger partial charge in [0.05, 0.1) is 12.1 Å². The maximum absolute atomic E-state index is 12.7. The van der Waals surface area contributed by atoms with E-state index in [0.717, 1.165) is 18.6 Å². The monoisotopic (exact) mass is 318 g/mol. The highest BCUT2D eigenvalue weighted by Gasteiger charge is 2.31. The highest BCUT2D eigenvalue weighted by atomic mass is 35.5. The third-order valence-corrected chi connectivity index (χ3v) is 3.03. The first-order chi connectivity index (χ1) is 9.90. The van der Waals surface area contributed by atoms with Crippen LogP contribution < -0.4 is 5.32 Å². The highest BCUT2D eigenvalue weighted by Crippen LogP contribution is 2.33. The lowest BCUT2D eigenvalue weighted by Gasteiger charge is -2.12. The van der Waals surface area contributed by atoms with Gasteiger partial charge < -0.3 is 5.32 Å². The van der Waals surface area contributed by atoms with Crippen LogP contribution in [0.1, 0.15) is 24.7 Å². The van der Waals surface area contributed by atoms with Crippen LogP contribution in [0.2, 0.25) is 5.02 Å². The summed E-state index contributed by atoms with van der Waals surface area (Å²) in [6.07, 6.45) is -2.11. The number of nitrogens with zero attached hydrogens (tertiary/aromatic N) is 3. The van der Waals surface area contributed by atoms with Crippen molar-refractivity contribution in [1.29, 1.82) is 0 Å². The molecule has 2 rings (SSSR count). The van der Waals surface area contributed by atoms with Gasteiger partial charge in [-0.15, -0.1) is 0 Å². The van der Waals surface area contributed by atoms with E-state index in [1.807, 2.05) is 6.92 Å². The minimum Gasteiger partial charge on any atom is -0.378 e. The molecule has 0 radical (unpaired) electrons. The van der Waals surface area contributed by atoms with Crippen LogP contribution in [0.5, 0.6) is 0 Å². The summed E-state index contributed by atoms with van der Waals surface area (Å²) < 4.78 is 39.8. The number of hydrogen-bond acceptors (Lipinski definition) is 3. The molecular weight excluding hydrogens is 305 g/mol. The number of benzene rings is 1. The molecule has 0 fully saturated rings. The first-order valence-corrected chi connectivity index (χ1v) is 6.76. The van der Waals surface area contributed by atoms with E-state index >= 15 is 0 Å². The molecule has 0 atom stereocenters. The van der Waals surface area contributed by atoms with Gasteiger partial charge in [-0.05, 0) is 24.6 Å². The number of hydrogen-bond donors (Lipinski definition) is 1. The second kappa shape index (κ2) is 6.34. The number of nitrogens with one attached hydrogen (secondary N) is 1. The summed E-state index contributed by atoms with van der Waals surface area (Å²) in [6, 6.07) is 3.36. The first-order valence-electron chi connectivity index (χ1n) is 6.38. The largest absolute Gasteiger partial charge is 0.416 e. The van der Waals surface area contributed by atoms with Crippen molar-refractivity contribution >= 4 is 17.3 Å². The second-order valence-electron chi connectivity index (χ2n) is 4.48. The minimum absolute atomic E-state index is 0.0300. The molecule has 1 N–H and O–H groups in total. The van der Waals surface area contributed by atoms with E-state index in [4.69, 9.17) is 11.6 Å². The Morgan fingerprint density at radius 1 is 1.29 bits per heavy atom. The van der Waals surface area contributed by atoms with Crippen LogP contribution in [0.3, 0.4) is 0 Å². The Labute approximate surface area is 124 Å². The van der Waals surface area contributed by atoms with Crippen molar-refractivity contribution in [1.82, 2.24) is 14.8 Å². The summed E-state index contributed by atoms with van der Waals surface area (Å²) in [6.45, 7) is 2.99. The zero-order valence-corrected chi connectivity index (χ0v) is 12.0. The average molecular weight is 319 g/mol. The first kappa shape index (κ1) is 15.6. The van der Waals surface area contributed by atoms with Crippen molar-refractivity contribution in [3.05, 3.63) is 40.9 Å². The van der Waals surface area contributed by atoms with Crippen LogP contribution in [-0.2, 0) is 19.3 Å². The van der Waals surface area contributed by atoms with E-state index < -0.39 is 11.7 Å². The molecule has 4 nitrogen and oxygen atoms in total. The zero-order valence-electron chi connectivity index (χ0n) is 11.3. The molecule has 8 heteroatoms. The average Bonchev–Trinajstić information content (AvgIpc) is 2.83. The van der Waals surface area contributed by atoms with Gasteiger partial charge in [0.15, 0.2) is 0 Å². The maximum atomic E-state index is 12.7. The Kier molecular flexibility index (Phi) is 4.72. The molecule has 114 valence electrons. The van der Waals surface area contributed by atoms with Crippen molar-refractivity contribution in [2.75, 3.05) is 5.32 Å². The van der Waals surface area contributed by atoms with E-state index in [9.17, 15) is 13.2 Å². The molecule has 21 heavy (non-hydrogen) atoms. The fraction of sp³-hybridized carbons (Fsp3) is 0.385. The van der Waals surface area contributed by atoms with Gasteiger partial charge in [-0.25, -0.2) is 9.67 Å². The highest BCUT2D eigenvalue weighted by molar-refractivity contribution is 6.30. The van der Waals surface area contributed by atoms with Gasteiger partial charge in [0.25, 0.3) is 0 Å². The normalized spacial score (nSPS) is 11.7. The van der Waals surface area contributed by atoms with Crippen LogP contribution in [0, 0.1) is 0 Å². The number of rotatable bonds is 5. The van der Waals surface area contributed by atoms with Crippen molar-refractivity contribution in [2.45, 2.75) is 32.6 Å². The molecule has 0 bridgehead atoms. The van der Waals surface area contributed by atoms with E-state index in [0.29, 0.717) is 18.1 Å². The molecule has 0 aliphatic carbocycles. The number of anilines is 1. The molecule has 1 aromatic carbocycles. The maximum Gasteiger partial charge on any atom is 0.416 e. The molecule has 0 amide bonds. The molecule has 1 heterocycles. The van der Waals surface area contributed by atoms with Crippen molar-refractivity contribution in [3.8, 4) is 0 Å². The van der Waals surface area contributed by atoms with Crippen LogP contribution in [0.15, 0.2) is 24.5 Å². The molecule has 0 spiro atoms. The molecule has 2 aromatic rings. The summed E-state index contributed by atoms with van der Waals surface area (Å²) in [5.41, 5.74) is -0.492. The van der Waals surface area contributed by atoms with Crippen LogP contribution in [-0.4, -0.2) is 14.8 Å². The van der Waals surface area contributed by atoms with Gasteiger partial charge in [-0.2, -0.15) is 18.3 Å². The summed E-state index contributed by atoms with van der Waals surface area (Å²) >= 11 is 5.72. The fourth-order valence-corrected chi connectivity index (χ4v) is 2.10. The summed E-state index contributed by atoms with van der Waals surface area (Å²) in [5, 5.41) is 6.97. The lowest BCUT2D eigenvalue weighted by Crippen LogP contribution is -2.11. The zero-order chi connectivity index (χ0) is 15.5. The number of aromatic nitrogens is 3. The van der Waals surface area contributed by atoms with E-state index in [2.05, 4.69) is 15.4 Å². The quantitative estimate of drug-likeness (QED) is 0.907. The van der Waals surface area contributed by atoms with Crippen molar-refractivity contribution in [2.24, 2.45) is 0 Å². The standard InChI is InChI=1S/C13H14ClF3N4/c1-2-3-21-12(19-8-20-21)7-18-11-5-9(13(15,16)17)4-10(14)6-11/h4-6,8,18H,2-3,7H2,1H3. The molecule has 0 saturated carbocycles. The van der Waals surface area contributed by atoms with Crippen molar-refractivity contribution in [3.63, 3.8) is 0 Å².